The van der Waals surface area contributed by atoms with Crippen LogP contribution in [0, 0.1) is 13.8 Å². The van der Waals surface area contributed by atoms with E-state index in [2.05, 4.69) is 0 Å². The molecule has 0 atom stereocenters. The summed E-state index contributed by atoms with van der Waals surface area (Å²) in [6.45, 7) is 3.44. The highest BCUT2D eigenvalue weighted by Crippen LogP contribution is 2.45. The molecule has 2 aromatic carbocycles. The topological polar surface area (TPSA) is 78.1 Å². The monoisotopic (exact) mass is 572 g/mol. The van der Waals surface area contributed by atoms with E-state index in [-0.39, 0.29) is 9.79 Å². The van der Waals surface area contributed by atoms with Crippen LogP contribution in [0.15, 0.2) is 92.9 Å². The number of aromatic nitrogens is 2. The Balaban J connectivity index is 1.79. The van der Waals surface area contributed by atoms with Crippen molar-refractivity contribution in [3.63, 3.8) is 0 Å². The Morgan fingerprint density at radius 1 is 0.618 bits per heavy atom. The molecule has 4 aromatic rings. The number of hydrogen-bond donors (Lipinski definition) is 0. The van der Waals surface area contributed by atoms with Crippen molar-refractivity contribution in [2.75, 3.05) is 0 Å². The zero-order valence-corrected chi connectivity index (χ0v) is 22.6. The van der Waals surface area contributed by atoms with Crippen molar-refractivity contribution in [1.29, 1.82) is 0 Å². The second-order valence-corrected chi connectivity index (χ2v) is 13.9. The molecule has 0 spiro atoms. The van der Waals surface area contributed by atoms with Gasteiger partial charge in [-0.1, -0.05) is 44.8 Å². The van der Waals surface area contributed by atoms with Gasteiger partial charge in [-0.05, 0) is 73.5 Å². The maximum atomic E-state index is 13.2. The molecular formula is C22H18Cl2N2O4S4. The smallest absolute Gasteiger partial charge is 0.249 e. The van der Waals surface area contributed by atoms with Gasteiger partial charge in [0.2, 0.25) is 0 Å². The third-order valence-electron chi connectivity index (χ3n) is 4.94. The van der Waals surface area contributed by atoms with Gasteiger partial charge < -0.3 is 0 Å². The van der Waals surface area contributed by atoms with Gasteiger partial charge in [0.1, 0.15) is 9.79 Å². The third kappa shape index (κ3) is 4.80. The summed E-state index contributed by atoms with van der Waals surface area (Å²) in [5.41, 5.74) is 1.21. The second kappa shape index (κ2) is 9.67. The Labute approximate surface area is 216 Å². The molecule has 0 bridgehead atoms. The molecule has 34 heavy (non-hydrogen) atoms. The molecule has 2 aromatic heterocycles. The maximum absolute atomic E-state index is 13.2. The molecule has 0 fully saturated rings. The Hall–Kier alpha value is -1.82. The van der Waals surface area contributed by atoms with Gasteiger partial charge in [-0.3, -0.25) is 0 Å². The highest BCUT2D eigenvalue weighted by atomic mass is 35.5. The van der Waals surface area contributed by atoms with Crippen molar-refractivity contribution in [3.05, 3.63) is 94.5 Å². The minimum atomic E-state index is -3.88. The summed E-state index contributed by atoms with van der Waals surface area (Å²) in [5, 5.41) is 0.799. The SMILES string of the molecule is Cc1cc(S(=O)(=O)n2cccc2)c(SSc2cc(Cl)c(C)cc2S(=O)(=O)n2cccc2)cc1Cl. The third-order valence-corrected chi connectivity index (χ3v) is 11.8. The molecule has 0 amide bonds. The van der Waals surface area contributed by atoms with Gasteiger partial charge in [0.25, 0.3) is 20.0 Å². The Kier molecular flexibility index (Phi) is 7.19. The second-order valence-electron chi connectivity index (χ2n) is 7.30. The summed E-state index contributed by atoms with van der Waals surface area (Å²) in [5.74, 6) is 0. The summed E-state index contributed by atoms with van der Waals surface area (Å²) in [7, 11) is -5.57. The lowest BCUT2D eigenvalue weighted by Gasteiger charge is -2.15. The summed E-state index contributed by atoms with van der Waals surface area (Å²) >= 11 is 12.6. The van der Waals surface area contributed by atoms with Crippen LogP contribution < -0.4 is 0 Å². The summed E-state index contributed by atoms with van der Waals surface area (Å²) in [6, 6.07) is 12.6. The number of rotatable bonds is 7. The first-order valence-corrected chi connectivity index (χ1v) is 15.5. The molecule has 178 valence electrons. The quantitative estimate of drug-likeness (QED) is 0.235. The Bertz CT molecular complexity index is 1450. The molecule has 0 aliphatic heterocycles. The fourth-order valence-electron chi connectivity index (χ4n) is 3.08. The number of benzene rings is 2. The molecule has 6 nitrogen and oxygen atoms in total. The number of hydrogen-bond acceptors (Lipinski definition) is 6. The van der Waals surface area contributed by atoms with Crippen LogP contribution in [-0.2, 0) is 20.0 Å². The van der Waals surface area contributed by atoms with E-state index >= 15 is 0 Å². The van der Waals surface area contributed by atoms with Crippen LogP contribution in [0.2, 0.25) is 10.0 Å². The molecule has 0 aliphatic carbocycles. The van der Waals surface area contributed by atoms with Crippen molar-refractivity contribution in [1.82, 2.24) is 7.94 Å². The maximum Gasteiger partial charge on any atom is 0.268 e. The van der Waals surface area contributed by atoms with Crippen LogP contribution in [-0.4, -0.2) is 24.8 Å². The van der Waals surface area contributed by atoms with Crippen molar-refractivity contribution in [2.45, 2.75) is 33.4 Å². The van der Waals surface area contributed by atoms with E-state index in [4.69, 9.17) is 23.2 Å². The standard InChI is InChI=1S/C22H18Cl2N2O4S4/c1-15-11-21(33(27,28)25-7-3-4-8-25)19(13-17(15)23)31-32-20-14-18(24)16(2)12-22(20)34(29,30)26-9-5-6-10-26/h3-14H,1-2H3. The van der Waals surface area contributed by atoms with E-state index in [0.717, 1.165) is 29.5 Å². The van der Waals surface area contributed by atoms with Gasteiger partial charge in [-0.2, -0.15) is 0 Å². The predicted molar refractivity (Wildman–Crippen MR) is 138 cm³/mol. The van der Waals surface area contributed by atoms with Crippen LogP contribution in [0.4, 0.5) is 0 Å². The van der Waals surface area contributed by atoms with E-state index in [1.54, 1.807) is 50.2 Å². The molecule has 0 aliphatic rings. The largest absolute Gasteiger partial charge is 0.268 e. The first kappa shape index (κ1) is 25.3. The minimum Gasteiger partial charge on any atom is -0.249 e. The highest BCUT2D eigenvalue weighted by molar-refractivity contribution is 8.76. The zero-order valence-electron chi connectivity index (χ0n) is 17.8. The van der Waals surface area contributed by atoms with E-state index < -0.39 is 20.0 Å². The lowest BCUT2D eigenvalue weighted by Crippen LogP contribution is -2.12. The number of aryl methyl sites for hydroxylation is 2. The fraction of sp³-hybridized carbons (Fsp3) is 0.0909. The van der Waals surface area contributed by atoms with Crippen molar-refractivity contribution in [2.24, 2.45) is 0 Å². The average Bonchev–Trinajstić information content (AvgIpc) is 3.51. The molecule has 0 saturated heterocycles. The van der Waals surface area contributed by atoms with Crippen molar-refractivity contribution in [3.8, 4) is 0 Å². The number of nitrogens with zero attached hydrogens (tertiary/aromatic N) is 2. The van der Waals surface area contributed by atoms with Crippen LogP contribution >= 0.6 is 44.8 Å². The zero-order chi connectivity index (χ0) is 24.7. The molecule has 12 heteroatoms. The normalized spacial score (nSPS) is 12.2. The summed E-state index contributed by atoms with van der Waals surface area (Å²) in [6.07, 6.45) is 5.79. The molecule has 0 radical (unpaired) electrons. The van der Waals surface area contributed by atoms with Gasteiger partial charge in [0, 0.05) is 44.6 Å². The first-order chi connectivity index (χ1) is 16.0. The van der Waals surface area contributed by atoms with E-state index in [9.17, 15) is 16.8 Å². The fourth-order valence-corrected chi connectivity index (χ4v) is 9.55. The molecule has 0 N–H and O–H groups in total. The van der Waals surface area contributed by atoms with Crippen molar-refractivity contribution >= 4 is 64.8 Å². The van der Waals surface area contributed by atoms with Gasteiger partial charge >= 0.3 is 0 Å². The molecular weight excluding hydrogens is 555 g/mol. The molecule has 0 unspecified atom stereocenters. The van der Waals surface area contributed by atoms with Crippen LogP contribution in [0.25, 0.3) is 0 Å². The van der Waals surface area contributed by atoms with Gasteiger partial charge in [0.05, 0.1) is 0 Å². The van der Waals surface area contributed by atoms with E-state index in [1.807, 2.05) is 0 Å². The van der Waals surface area contributed by atoms with Crippen LogP contribution in [0.5, 0.6) is 0 Å². The summed E-state index contributed by atoms with van der Waals surface area (Å²) in [4.78, 5) is 0.873. The van der Waals surface area contributed by atoms with Crippen LogP contribution in [0.1, 0.15) is 11.1 Å². The lowest BCUT2D eigenvalue weighted by molar-refractivity contribution is 0.583. The Morgan fingerprint density at radius 3 is 1.26 bits per heavy atom. The minimum absolute atomic E-state index is 0.0659. The van der Waals surface area contributed by atoms with E-state index in [0.29, 0.717) is 31.0 Å². The average molecular weight is 574 g/mol. The predicted octanol–water partition coefficient (Wildman–Crippen LogP) is 6.49. The highest BCUT2D eigenvalue weighted by Gasteiger charge is 2.25. The summed E-state index contributed by atoms with van der Waals surface area (Å²) < 4.78 is 55.2. The number of halogens is 2. The molecule has 2 heterocycles. The van der Waals surface area contributed by atoms with Gasteiger partial charge in [-0.25, -0.2) is 24.8 Å². The van der Waals surface area contributed by atoms with Crippen LogP contribution in [0.3, 0.4) is 0 Å². The first-order valence-electron chi connectivity index (χ1n) is 9.74. The lowest BCUT2D eigenvalue weighted by atomic mass is 10.2. The molecule has 0 saturated carbocycles. The molecule has 4 rings (SSSR count). The van der Waals surface area contributed by atoms with E-state index in [1.165, 1.54) is 36.9 Å². The van der Waals surface area contributed by atoms with Crippen molar-refractivity contribution < 1.29 is 16.8 Å². The van der Waals surface area contributed by atoms with Gasteiger partial charge in [0.15, 0.2) is 0 Å². The Morgan fingerprint density at radius 2 is 0.941 bits per heavy atom. The van der Waals surface area contributed by atoms with Gasteiger partial charge in [-0.15, -0.1) is 0 Å².